The average molecular weight is 980 g/mol. The van der Waals surface area contributed by atoms with Gasteiger partial charge in [0.1, 0.15) is 47.9 Å². The number of benzene rings is 1. The van der Waals surface area contributed by atoms with Gasteiger partial charge in [-0.25, -0.2) is 4.79 Å². The number of hydrogen-bond acceptors (Lipinski definition) is 14. The minimum Gasteiger partial charge on any atom is -0.480 e. The van der Waals surface area contributed by atoms with Gasteiger partial charge >= 0.3 is 11.9 Å². The molecule has 0 aromatic heterocycles. The normalized spacial score (nSPS) is 16.2. The lowest BCUT2D eigenvalue weighted by molar-refractivity contribution is -0.157. The van der Waals surface area contributed by atoms with E-state index in [1.54, 1.807) is 113 Å². The molecule has 392 valence electrons. The van der Waals surface area contributed by atoms with E-state index in [9.17, 15) is 48.6 Å². The number of amides is 6. The first-order chi connectivity index (χ1) is 31.4. The zero-order valence-corrected chi connectivity index (χ0v) is 43.4. The number of hydrogen-bond donors (Lipinski definition) is 9. The number of esters is 1. The fourth-order valence-electron chi connectivity index (χ4n) is 6.49. The van der Waals surface area contributed by atoms with Gasteiger partial charge in [0, 0.05) is 6.42 Å². The highest BCUT2D eigenvalue weighted by atomic mass is 16.6. The SMILES string of the molecule is CC(C)[C@H](NC(=O)[C@H](CC(=O)OC(C)(C)C)NC(=O)[C@H](COC(C)(C)C)NC(=O)[C@@H](NC(=O)[C@H](Cc1ccccc1)NC(=O)[C@@H](N)[C@@H](C)OC(C)(C)C)[C@@H](C)OC(C)(C)C)C(=O)N[C@@H](CO)C(=O)O. The molecule has 1 rings (SSSR count). The highest BCUT2D eigenvalue weighted by molar-refractivity contribution is 5.98. The third kappa shape index (κ3) is 24.3. The van der Waals surface area contributed by atoms with Crippen LogP contribution in [0.25, 0.3) is 0 Å². The fourth-order valence-corrected chi connectivity index (χ4v) is 6.49. The molecule has 0 unspecified atom stereocenters. The molecule has 0 aliphatic carbocycles. The maximum atomic E-state index is 14.6. The van der Waals surface area contributed by atoms with Crippen molar-refractivity contribution in [3.63, 3.8) is 0 Å². The molecule has 21 nitrogen and oxygen atoms in total. The Hall–Kier alpha value is -5.22. The van der Waals surface area contributed by atoms with E-state index in [1.807, 2.05) is 20.8 Å². The van der Waals surface area contributed by atoms with E-state index >= 15 is 0 Å². The maximum absolute atomic E-state index is 14.6. The van der Waals surface area contributed by atoms with Gasteiger partial charge in [-0.05, 0) is 108 Å². The van der Waals surface area contributed by atoms with Crippen LogP contribution < -0.4 is 37.6 Å². The summed E-state index contributed by atoms with van der Waals surface area (Å²) in [6.07, 6.45) is -2.61. The van der Waals surface area contributed by atoms with Crippen LogP contribution in [-0.2, 0) is 63.7 Å². The molecule has 0 heterocycles. The van der Waals surface area contributed by atoms with Gasteiger partial charge in [-0.2, -0.15) is 0 Å². The van der Waals surface area contributed by atoms with Crippen molar-refractivity contribution < 1.29 is 67.5 Å². The number of ether oxygens (including phenoxy) is 4. The zero-order chi connectivity index (χ0) is 53.4. The molecule has 0 fully saturated rings. The summed E-state index contributed by atoms with van der Waals surface area (Å²) in [5.41, 5.74) is 3.58. The monoisotopic (exact) mass is 980 g/mol. The molecular weight excluding hydrogens is 899 g/mol. The summed E-state index contributed by atoms with van der Waals surface area (Å²) in [5.74, 6) is -8.60. The zero-order valence-electron chi connectivity index (χ0n) is 43.4. The van der Waals surface area contributed by atoms with E-state index in [4.69, 9.17) is 24.7 Å². The molecule has 6 amide bonds. The first-order valence-electron chi connectivity index (χ1n) is 23.1. The molecule has 0 aliphatic heterocycles. The second kappa shape index (κ2) is 26.7. The highest BCUT2D eigenvalue weighted by Gasteiger charge is 2.39. The second-order valence-corrected chi connectivity index (χ2v) is 21.3. The molecule has 10 N–H and O–H groups in total. The van der Waals surface area contributed by atoms with E-state index in [1.165, 1.54) is 6.92 Å². The van der Waals surface area contributed by atoms with Crippen molar-refractivity contribution in [3.8, 4) is 0 Å². The average Bonchev–Trinajstić information content (AvgIpc) is 3.18. The Kier molecular flexibility index (Phi) is 23.9. The summed E-state index contributed by atoms with van der Waals surface area (Å²) >= 11 is 0. The van der Waals surface area contributed by atoms with Crippen molar-refractivity contribution in [2.75, 3.05) is 13.2 Å². The lowest BCUT2D eigenvalue weighted by Crippen LogP contribution is -2.63. The molecule has 1 aromatic carbocycles. The van der Waals surface area contributed by atoms with Crippen LogP contribution in [0.2, 0.25) is 0 Å². The van der Waals surface area contributed by atoms with Gasteiger partial charge in [0.25, 0.3) is 0 Å². The van der Waals surface area contributed by atoms with E-state index in [2.05, 4.69) is 31.9 Å². The first-order valence-corrected chi connectivity index (χ1v) is 23.1. The number of nitrogens with one attached hydrogen (secondary N) is 6. The van der Waals surface area contributed by atoms with Crippen LogP contribution in [0, 0.1) is 5.92 Å². The van der Waals surface area contributed by atoms with Crippen molar-refractivity contribution in [2.45, 2.75) is 201 Å². The highest BCUT2D eigenvalue weighted by Crippen LogP contribution is 2.17. The standard InChI is InChI=1S/C48H81N7O14/c1-26(2)36(42(62)52-32(24-56)44(64)65)54-39(59)31(23-34(57)69-48(14,15)16)50-40(60)33(25-66-45(5,6)7)53-43(63)37(28(4)68-47(11,12)13)55-38(58)30(22-29-20-18-17-19-21-29)51-41(61)35(49)27(3)67-46(8,9)10/h17-21,26-28,30-33,35-37,56H,22-25,49H2,1-16H3,(H,50,60)(H,51,61)(H,52,62)(H,53,63)(H,54,59)(H,55,58)(H,64,65)/t27-,28-,30+,31+,32+,33+,35+,36+,37+/m1/s1. The largest absolute Gasteiger partial charge is 0.480 e. The third-order valence-electron chi connectivity index (χ3n) is 9.64. The number of carbonyl (C=O) groups excluding carboxylic acids is 7. The van der Waals surface area contributed by atoms with Crippen LogP contribution in [0.5, 0.6) is 0 Å². The van der Waals surface area contributed by atoms with Crippen LogP contribution in [0.4, 0.5) is 0 Å². The number of aliphatic hydroxyl groups excluding tert-OH is 1. The van der Waals surface area contributed by atoms with Crippen molar-refractivity contribution >= 4 is 47.4 Å². The van der Waals surface area contributed by atoms with Gasteiger partial charge < -0.3 is 66.8 Å². The molecule has 69 heavy (non-hydrogen) atoms. The molecule has 21 heteroatoms. The lowest BCUT2D eigenvalue weighted by atomic mass is 10.0. The van der Waals surface area contributed by atoms with Gasteiger partial charge in [-0.15, -0.1) is 0 Å². The Morgan fingerprint density at radius 3 is 1.48 bits per heavy atom. The Balaban J connectivity index is 3.76. The molecule has 0 spiro atoms. The minimum atomic E-state index is -1.74. The van der Waals surface area contributed by atoms with Crippen molar-refractivity contribution in [1.82, 2.24) is 31.9 Å². The summed E-state index contributed by atoms with van der Waals surface area (Å²) in [6.45, 7) is 25.3. The Morgan fingerprint density at radius 2 is 1.00 bits per heavy atom. The van der Waals surface area contributed by atoms with Gasteiger partial charge in [0.15, 0.2) is 0 Å². The summed E-state index contributed by atoms with van der Waals surface area (Å²) in [4.78, 5) is 109. The molecule has 9 atom stereocenters. The summed E-state index contributed by atoms with van der Waals surface area (Å²) in [5, 5.41) is 34.0. The van der Waals surface area contributed by atoms with Crippen LogP contribution in [-0.4, -0.2) is 148 Å². The predicted molar refractivity (Wildman–Crippen MR) is 256 cm³/mol. The van der Waals surface area contributed by atoms with Crippen LogP contribution in [0.3, 0.4) is 0 Å². The van der Waals surface area contributed by atoms with E-state index in [0.717, 1.165) is 0 Å². The molecule has 1 aromatic rings. The fraction of sp³-hybridized carbons (Fsp3) is 0.708. The van der Waals surface area contributed by atoms with Gasteiger partial charge in [0.2, 0.25) is 35.4 Å². The summed E-state index contributed by atoms with van der Waals surface area (Å²) in [6, 6.07) is -1.66. The van der Waals surface area contributed by atoms with Crippen LogP contribution >= 0.6 is 0 Å². The van der Waals surface area contributed by atoms with E-state index < -0.39 is 150 Å². The van der Waals surface area contributed by atoms with Gasteiger partial charge in [-0.3, -0.25) is 33.6 Å². The number of carbonyl (C=O) groups is 8. The molecule has 0 saturated carbocycles. The number of aliphatic hydroxyl groups is 1. The summed E-state index contributed by atoms with van der Waals surface area (Å²) < 4.78 is 23.4. The van der Waals surface area contributed by atoms with Crippen molar-refractivity contribution in [1.29, 1.82) is 0 Å². The number of nitrogens with two attached hydrogens (primary N) is 1. The maximum Gasteiger partial charge on any atom is 0.328 e. The number of rotatable bonds is 25. The van der Waals surface area contributed by atoms with Crippen molar-refractivity contribution in [3.05, 3.63) is 35.9 Å². The number of aliphatic carboxylic acids is 1. The van der Waals surface area contributed by atoms with Crippen LogP contribution in [0.1, 0.15) is 123 Å². The van der Waals surface area contributed by atoms with Gasteiger partial charge in [0.05, 0.1) is 48.6 Å². The Labute approximate surface area is 407 Å². The quantitative estimate of drug-likeness (QED) is 0.0621. The Bertz CT molecular complexity index is 1890. The molecule has 0 saturated heterocycles. The molecule has 0 bridgehead atoms. The molecule has 0 aliphatic rings. The third-order valence-corrected chi connectivity index (χ3v) is 9.64. The first kappa shape index (κ1) is 61.8. The topological polar surface area (TPSA) is 312 Å². The van der Waals surface area contributed by atoms with Crippen molar-refractivity contribution in [2.24, 2.45) is 11.7 Å². The second-order valence-electron chi connectivity index (χ2n) is 21.3. The Morgan fingerprint density at radius 1 is 0.551 bits per heavy atom. The number of carboxylic acids is 1. The molecular formula is C48H81N7O14. The predicted octanol–water partition coefficient (Wildman–Crippen LogP) is 1.15. The molecule has 0 radical (unpaired) electrons. The lowest BCUT2D eigenvalue weighted by Gasteiger charge is -2.33. The van der Waals surface area contributed by atoms with E-state index in [0.29, 0.717) is 5.56 Å². The van der Waals surface area contributed by atoms with Crippen LogP contribution in [0.15, 0.2) is 30.3 Å². The minimum absolute atomic E-state index is 0.0189. The number of carboxylic acid groups (broad SMARTS) is 1. The van der Waals surface area contributed by atoms with E-state index in [-0.39, 0.29) is 6.42 Å². The van der Waals surface area contributed by atoms with Gasteiger partial charge in [-0.1, -0.05) is 44.2 Å². The summed E-state index contributed by atoms with van der Waals surface area (Å²) in [7, 11) is 0. The smallest absolute Gasteiger partial charge is 0.328 e.